The number of ether oxygens (including phenoxy) is 1. The highest BCUT2D eigenvalue weighted by atomic mass is 16.5. The first-order valence-corrected chi connectivity index (χ1v) is 10.3. The van der Waals surface area contributed by atoms with Crippen LogP contribution in [0, 0.1) is 34.5 Å². The minimum Gasteiger partial charge on any atom is -0.423 e. The topological polar surface area (TPSA) is 60.4 Å². The average Bonchev–Trinajstić information content (AvgIpc) is 2.90. The van der Waals surface area contributed by atoms with Crippen molar-refractivity contribution in [2.75, 3.05) is 0 Å². The normalized spacial score (nSPS) is 43.9. The molecule has 0 bridgehead atoms. The summed E-state index contributed by atoms with van der Waals surface area (Å²) in [5.41, 5.74) is 1.42. The van der Waals surface area contributed by atoms with Crippen LogP contribution in [0.25, 0.3) is 0 Å². The number of ketones is 2. The molecule has 3 saturated carbocycles. The standard InChI is InChI=1S/C23H30O4/c1-12-13(2)20-21(27-14(3)24)17(25)9-11-23(20,5)16-8-10-22(4)15(19(12)16)6-7-18(22)26/h12,15-16,19H,2,6-11H2,1,3-5H3/t12-,15+,16+,19+,22+,23-/m1/s1. The van der Waals surface area contributed by atoms with Crippen molar-refractivity contribution < 1.29 is 19.1 Å². The van der Waals surface area contributed by atoms with Gasteiger partial charge in [-0.25, -0.2) is 0 Å². The van der Waals surface area contributed by atoms with Gasteiger partial charge >= 0.3 is 5.97 Å². The van der Waals surface area contributed by atoms with Crippen LogP contribution < -0.4 is 0 Å². The van der Waals surface area contributed by atoms with Crippen LogP contribution in [0.2, 0.25) is 0 Å². The van der Waals surface area contributed by atoms with Gasteiger partial charge < -0.3 is 4.74 Å². The lowest BCUT2D eigenvalue weighted by molar-refractivity contribution is -0.142. The van der Waals surface area contributed by atoms with E-state index in [0.717, 1.165) is 36.8 Å². The summed E-state index contributed by atoms with van der Waals surface area (Å²) in [5, 5.41) is 0. The number of allylic oxidation sites excluding steroid dienone is 2. The van der Waals surface area contributed by atoms with Crippen LogP contribution in [-0.2, 0) is 19.1 Å². The molecule has 0 N–H and O–H groups in total. The van der Waals surface area contributed by atoms with Crippen molar-refractivity contribution in [1.82, 2.24) is 0 Å². The van der Waals surface area contributed by atoms with Gasteiger partial charge in [-0.2, -0.15) is 0 Å². The van der Waals surface area contributed by atoms with E-state index in [9.17, 15) is 14.4 Å². The molecular formula is C23H30O4. The number of carbonyl (C=O) groups excluding carboxylic acids is 3. The fraction of sp³-hybridized carbons (Fsp3) is 0.696. The first-order valence-electron chi connectivity index (χ1n) is 10.3. The highest BCUT2D eigenvalue weighted by Gasteiger charge is 2.62. The maximum Gasteiger partial charge on any atom is 0.308 e. The predicted octanol–water partition coefficient (Wildman–Crippen LogP) is 4.39. The smallest absolute Gasteiger partial charge is 0.308 e. The second-order valence-corrected chi connectivity index (χ2v) is 9.66. The van der Waals surface area contributed by atoms with Gasteiger partial charge in [-0.05, 0) is 54.9 Å². The number of esters is 1. The molecule has 0 aromatic heterocycles. The van der Waals surface area contributed by atoms with E-state index >= 15 is 0 Å². The molecule has 0 spiro atoms. The highest BCUT2D eigenvalue weighted by Crippen LogP contribution is 2.67. The van der Waals surface area contributed by atoms with Gasteiger partial charge in [0.25, 0.3) is 0 Å². The first-order chi connectivity index (χ1) is 12.6. The summed E-state index contributed by atoms with van der Waals surface area (Å²) in [5.74, 6) is 1.51. The highest BCUT2D eigenvalue weighted by molar-refractivity contribution is 5.98. The fourth-order valence-electron chi connectivity index (χ4n) is 7.01. The van der Waals surface area contributed by atoms with Crippen LogP contribution in [0.3, 0.4) is 0 Å². The Morgan fingerprint density at radius 2 is 1.74 bits per heavy atom. The summed E-state index contributed by atoms with van der Waals surface area (Å²) in [6, 6.07) is 0. The molecule has 0 unspecified atom stereocenters. The van der Waals surface area contributed by atoms with Crippen molar-refractivity contribution in [3.63, 3.8) is 0 Å². The number of rotatable bonds is 1. The van der Waals surface area contributed by atoms with Crippen molar-refractivity contribution >= 4 is 17.5 Å². The van der Waals surface area contributed by atoms with Crippen molar-refractivity contribution in [3.8, 4) is 0 Å². The van der Waals surface area contributed by atoms with Gasteiger partial charge in [0.15, 0.2) is 11.5 Å². The zero-order chi connectivity index (χ0) is 19.7. The Labute approximate surface area is 161 Å². The molecule has 4 aliphatic carbocycles. The minimum atomic E-state index is -0.449. The van der Waals surface area contributed by atoms with Crippen molar-refractivity contribution in [3.05, 3.63) is 23.5 Å². The summed E-state index contributed by atoms with van der Waals surface area (Å²) < 4.78 is 5.44. The van der Waals surface area contributed by atoms with Crippen LogP contribution in [-0.4, -0.2) is 17.5 Å². The number of carbonyl (C=O) groups is 3. The van der Waals surface area contributed by atoms with Crippen LogP contribution in [0.4, 0.5) is 0 Å². The third-order valence-electron chi connectivity index (χ3n) is 8.48. The Morgan fingerprint density at radius 1 is 1.07 bits per heavy atom. The molecular weight excluding hydrogens is 340 g/mol. The molecule has 27 heavy (non-hydrogen) atoms. The van der Waals surface area contributed by atoms with Gasteiger partial charge in [0.05, 0.1) is 0 Å². The Kier molecular flexibility index (Phi) is 4.07. The van der Waals surface area contributed by atoms with Crippen LogP contribution in [0.15, 0.2) is 23.5 Å². The quantitative estimate of drug-likeness (QED) is 0.642. The van der Waals surface area contributed by atoms with E-state index in [0.29, 0.717) is 36.4 Å². The maximum absolute atomic E-state index is 12.6. The van der Waals surface area contributed by atoms with E-state index in [1.54, 1.807) is 0 Å². The van der Waals surface area contributed by atoms with E-state index in [1.165, 1.54) is 6.92 Å². The summed E-state index contributed by atoms with van der Waals surface area (Å²) in [7, 11) is 0. The van der Waals surface area contributed by atoms with Crippen molar-refractivity contribution in [2.24, 2.45) is 34.5 Å². The summed E-state index contributed by atoms with van der Waals surface area (Å²) in [4.78, 5) is 36.9. The van der Waals surface area contributed by atoms with Crippen LogP contribution in [0.5, 0.6) is 0 Å². The Balaban J connectivity index is 1.84. The third kappa shape index (κ3) is 2.37. The van der Waals surface area contributed by atoms with Gasteiger partial charge in [-0.1, -0.05) is 27.4 Å². The summed E-state index contributed by atoms with van der Waals surface area (Å²) in [6.07, 6.45) is 4.77. The number of hydrogen-bond donors (Lipinski definition) is 0. The van der Waals surface area contributed by atoms with E-state index in [2.05, 4.69) is 27.4 Å². The lowest BCUT2D eigenvalue weighted by Crippen LogP contribution is -2.54. The van der Waals surface area contributed by atoms with Gasteiger partial charge in [0.1, 0.15) is 5.78 Å². The maximum atomic E-state index is 12.6. The lowest BCUT2D eigenvalue weighted by atomic mass is 9.44. The zero-order valence-corrected chi connectivity index (χ0v) is 16.9. The van der Waals surface area contributed by atoms with Gasteiger partial charge in [0.2, 0.25) is 0 Å². The van der Waals surface area contributed by atoms with E-state index < -0.39 is 5.97 Å². The number of fused-ring (bicyclic) bond motifs is 5. The molecule has 4 rings (SSSR count). The minimum absolute atomic E-state index is 0.0823. The van der Waals surface area contributed by atoms with Gasteiger partial charge in [-0.15, -0.1) is 0 Å². The van der Waals surface area contributed by atoms with Crippen LogP contribution >= 0.6 is 0 Å². The Morgan fingerprint density at radius 3 is 2.41 bits per heavy atom. The molecule has 0 amide bonds. The first kappa shape index (κ1) is 18.6. The molecule has 4 nitrogen and oxygen atoms in total. The second kappa shape index (κ2) is 5.89. The number of Topliss-reactive ketones (excluding diaryl/α,β-unsaturated/α-hetero) is 2. The average molecular weight is 370 g/mol. The molecule has 3 fully saturated rings. The molecule has 0 aromatic rings. The van der Waals surface area contributed by atoms with Crippen molar-refractivity contribution in [1.29, 1.82) is 0 Å². The second-order valence-electron chi connectivity index (χ2n) is 9.66. The monoisotopic (exact) mass is 370 g/mol. The van der Waals surface area contributed by atoms with E-state index in [4.69, 9.17) is 4.74 Å². The summed E-state index contributed by atoms with van der Waals surface area (Å²) in [6.45, 7) is 12.3. The third-order valence-corrected chi connectivity index (χ3v) is 8.48. The summed E-state index contributed by atoms with van der Waals surface area (Å²) >= 11 is 0. The van der Waals surface area contributed by atoms with Crippen molar-refractivity contribution in [2.45, 2.75) is 66.2 Å². The fourth-order valence-corrected chi connectivity index (χ4v) is 7.01. The predicted molar refractivity (Wildman–Crippen MR) is 101 cm³/mol. The molecule has 0 aliphatic heterocycles. The van der Waals surface area contributed by atoms with Crippen LogP contribution in [0.1, 0.15) is 66.2 Å². The zero-order valence-electron chi connectivity index (χ0n) is 16.9. The van der Waals surface area contributed by atoms with Gasteiger partial charge in [-0.3, -0.25) is 14.4 Å². The molecule has 0 heterocycles. The molecule has 4 aliphatic rings. The molecule has 146 valence electrons. The van der Waals surface area contributed by atoms with E-state index in [1.807, 2.05) is 0 Å². The van der Waals surface area contributed by atoms with E-state index in [-0.39, 0.29) is 28.3 Å². The SMILES string of the molecule is C=C1C2=C(OC(C)=O)C(=O)CC[C@]2(C)[C@H]2CC[C@]3(C)C(=O)CC[C@H]3[C@@H]2[C@@H]1C. The largest absolute Gasteiger partial charge is 0.423 e. The lowest BCUT2D eigenvalue weighted by Gasteiger charge is -2.59. The molecule has 4 heteroatoms. The number of hydrogen-bond acceptors (Lipinski definition) is 4. The Bertz CT molecular complexity index is 790. The Hall–Kier alpha value is -1.71. The molecule has 6 atom stereocenters. The molecule has 0 aromatic carbocycles. The molecule has 0 radical (unpaired) electrons. The van der Waals surface area contributed by atoms with Gasteiger partial charge in [0, 0.05) is 36.2 Å². The molecule has 0 saturated heterocycles.